The number of aliphatic hydroxyl groups excluding tert-OH is 1. The van der Waals surface area contributed by atoms with Crippen molar-refractivity contribution >= 4 is 10.0 Å². The molecule has 20 heavy (non-hydrogen) atoms. The Morgan fingerprint density at radius 3 is 2.25 bits per heavy atom. The van der Waals surface area contributed by atoms with Gasteiger partial charge in [0.15, 0.2) is 0 Å². The summed E-state index contributed by atoms with van der Waals surface area (Å²) in [4.78, 5) is 2.14. The molecule has 1 N–H and O–H groups in total. The van der Waals surface area contributed by atoms with Crippen molar-refractivity contribution < 1.29 is 17.9 Å². The highest BCUT2D eigenvalue weighted by atomic mass is 32.2. The third kappa shape index (κ3) is 3.54. The van der Waals surface area contributed by atoms with Crippen LogP contribution in [-0.2, 0) is 10.0 Å². The molecule has 0 aromatic heterocycles. The molecule has 0 aliphatic carbocycles. The van der Waals surface area contributed by atoms with Crippen LogP contribution in [-0.4, -0.2) is 61.6 Å². The highest BCUT2D eigenvalue weighted by Crippen LogP contribution is 2.18. The Hall–Kier alpha value is -1.02. The number of sulfonamides is 1. The van der Waals surface area contributed by atoms with Gasteiger partial charge in [-0.2, -0.15) is 4.31 Å². The monoisotopic (exact) mass is 302 g/mol. The van der Waals surface area contributed by atoms with E-state index in [4.69, 9.17) is 0 Å². The summed E-state index contributed by atoms with van der Waals surface area (Å²) >= 11 is 0. The lowest BCUT2D eigenvalue weighted by Crippen LogP contribution is -2.50. The van der Waals surface area contributed by atoms with E-state index in [1.807, 2.05) is 4.90 Å². The molecule has 5 nitrogen and oxygen atoms in total. The van der Waals surface area contributed by atoms with E-state index in [2.05, 4.69) is 0 Å². The number of hydrogen-bond donors (Lipinski definition) is 1. The molecular weight excluding hydrogens is 283 g/mol. The molecule has 0 amide bonds. The zero-order chi connectivity index (χ0) is 14.8. The predicted molar refractivity (Wildman–Crippen MR) is 73.3 cm³/mol. The van der Waals surface area contributed by atoms with Crippen molar-refractivity contribution in [1.29, 1.82) is 0 Å². The van der Waals surface area contributed by atoms with Gasteiger partial charge in [-0.05, 0) is 31.2 Å². The van der Waals surface area contributed by atoms with Gasteiger partial charge in [0.25, 0.3) is 0 Å². The Balaban J connectivity index is 2.04. The van der Waals surface area contributed by atoms with Crippen molar-refractivity contribution in [2.45, 2.75) is 17.9 Å². The molecule has 1 saturated heterocycles. The first-order valence-electron chi connectivity index (χ1n) is 6.56. The molecule has 1 atom stereocenters. The molecule has 2 rings (SSSR count). The quantitative estimate of drug-likeness (QED) is 0.880. The second-order valence-corrected chi connectivity index (χ2v) is 6.95. The van der Waals surface area contributed by atoms with Gasteiger partial charge < -0.3 is 5.11 Å². The van der Waals surface area contributed by atoms with Crippen molar-refractivity contribution in [2.24, 2.45) is 0 Å². The number of halogens is 1. The summed E-state index contributed by atoms with van der Waals surface area (Å²) in [5, 5.41) is 9.33. The number of benzene rings is 1. The summed E-state index contributed by atoms with van der Waals surface area (Å²) in [5.74, 6) is -0.453. The van der Waals surface area contributed by atoms with Gasteiger partial charge in [0, 0.05) is 32.7 Å². The largest absolute Gasteiger partial charge is 0.392 e. The zero-order valence-corrected chi connectivity index (χ0v) is 12.2. The second kappa shape index (κ2) is 6.17. The minimum Gasteiger partial charge on any atom is -0.392 e. The number of aliphatic hydroxyl groups is 1. The van der Waals surface area contributed by atoms with E-state index in [-0.39, 0.29) is 4.90 Å². The molecule has 1 aliphatic heterocycles. The molecular formula is C13H19FN2O3S. The Kier molecular flexibility index (Phi) is 4.74. The van der Waals surface area contributed by atoms with Crippen molar-refractivity contribution in [3.8, 4) is 0 Å². The van der Waals surface area contributed by atoms with Crippen molar-refractivity contribution in [3.05, 3.63) is 30.1 Å². The highest BCUT2D eigenvalue weighted by Gasteiger charge is 2.28. The number of piperazine rings is 1. The summed E-state index contributed by atoms with van der Waals surface area (Å²) in [6.07, 6.45) is -0.421. The van der Waals surface area contributed by atoms with E-state index in [9.17, 15) is 17.9 Å². The molecule has 1 aliphatic rings. The molecule has 1 fully saturated rings. The van der Waals surface area contributed by atoms with E-state index >= 15 is 0 Å². The van der Waals surface area contributed by atoms with Crippen LogP contribution >= 0.6 is 0 Å². The first-order chi connectivity index (χ1) is 9.39. The lowest BCUT2D eigenvalue weighted by molar-refractivity contribution is 0.103. The Labute approximate surface area is 118 Å². The molecule has 0 radical (unpaired) electrons. The highest BCUT2D eigenvalue weighted by molar-refractivity contribution is 7.89. The van der Waals surface area contributed by atoms with Crippen LogP contribution in [0.3, 0.4) is 0 Å². The zero-order valence-electron chi connectivity index (χ0n) is 11.4. The molecule has 0 spiro atoms. The molecule has 1 aromatic carbocycles. The van der Waals surface area contributed by atoms with Gasteiger partial charge in [-0.15, -0.1) is 0 Å². The van der Waals surface area contributed by atoms with Crippen LogP contribution in [0, 0.1) is 5.82 Å². The fourth-order valence-electron chi connectivity index (χ4n) is 2.28. The fourth-order valence-corrected chi connectivity index (χ4v) is 3.70. The first-order valence-corrected chi connectivity index (χ1v) is 8.00. The Bertz CT molecular complexity index is 537. The third-order valence-electron chi connectivity index (χ3n) is 3.31. The Morgan fingerprint density at radius 1 is 1.20 bits per heavy atom. The van der Waals surface area contributed by atoms with Gasteiger partial charge in [0.05, 0.1) is 11.0 Å². The van der Waals surface area contributed by atoms with Crippen molar-refractivity contribution in [3.63, 3.8) is 0 Å². The van der Waals surface area contributed by atoms with E-state index in [1.165, 1.54) is 16.4 Å². The van der Waals surface area contributed by atoms with Crippen molar-refractivity contribution in [2.75, 3.05) is 32.7 Å². The maximum absolute atomic E-state index is 12.9. The van der Waals surface area contributed by atoms with Crippen molar-refractivity contribution in [1.82, 2.24) is 9.21 Å². The number of β-amino-alcohol motifs (C(OH)–C–C–N with tert-alkyl or cyclic N) is 1. The standard InChI is InChI=1S/C13H19FN2O3S/c1-11(17)10-15-6-8-16(9-7-15)20(18,19)13-4-2-12(14)3-5-13/h2-5,11,17H,6-10H2,1H3/t11-/m0/s1. The number of hydrogen-bond acceptors (Lipinski definition) is 4. The molecule has 0 unspecified atom stereocenters. The smallest absolute Gasteiger partial charge is 0.243 e. The second-order valence-electron chi connectivity index (χ2n) is 5.01. The molecule has 1 aromatic rings. The van der Waals surface area contributed by atoms with Gasteiger partial charge in [-0.1, -0.05) is 0 Å². The normalized spacial score (nSPS) is 19.9. The summed E-state index contributed by atoms with van der Waals surface area (Å²) in [6.45, 7) is 4.20. The Morgan fingerprint density at radius 2 is 1.75 bits per heavy atom. The van der Waals surface area contributed by atoms with E-state index in [1.54, 1.807) is 6.92 Å². The first kappa shape index (κ1) is 15.4. The van der Waals surface area contributed by atoms with Gasteiger partial charge >= 0.3 is 0 Å². The lowest BCUT2D eigenvalue weighted by atomic mass is 10.3. The summed E-state index contributed by atoms with van der Waals surface area (Å²) in [6, 6.07) is 4.87. The van der Waals surface area contributed by atoms with Gasteiger partial charge in [0.1, 0.15) is 5.82 Å². The summed E-state index contributed by atoms with van der Waals surface area (Å²) < 4.78 is 39.0. The van der Waals surface area contributed by atoms with Crippen LogP contribution in [0.15, 0.2) is 29.2 Å². The average molecular weight is 302 g/mol. The maximum atomic E-state index is 12.9. The fraction of sp³-hybridized carbons (Fsp3) is 0.538. The van der Waals surface area contributed by atoms with E-state index < -0.39 is 21.9 Å². The summed E-state index contributed by atoms with van der Waals surface area (Å²) in [5.41, 5.74) is 0. The maximum Gasteiger partial charge on any atom is 0.243 e. The number of rotatable bonds is 4. The minimum absolute atomic E-state index is 0.114. The predicted octanol–water partition coefficient (Wildman–Crippen LogP) is 0.513. The third-order valence-corrected chi connectivity index (χ3v) is 5.22. The number of nitrogens with zero attached hydrogens (tertiary/aromatic N) is 2. The molecule has 7 heteroatoms. The van der Waals surface area contributed by atoms with Crippen LogP contribution in [0.2, 0.25) is 0 Å². The van der Waals surface area contributed by atoms with Gasteiger partial charge in [-0.3, -0.25) is 4.90 Å². The minimum atomic E-state index is -3.55. The summed E-state index contributed by atoms with van der Waals surface area (Å²) in [7, 11) is -3.55. The molecule has 1 heterocycles. The molecule has 112 valence electrons. The van der Waals surface area contributed by atoms with E-state index in [0.717, 1.165) is 12.1 Å². The SMILES string of the molecule is C[C@H](O)CN1CCN(S(=O)(=O)c2ccc(F)cc2)CC1. The van der Waals surface area contributed by atoms with Crippen LogP contribution in [0.5, 0.6) is 0 Å². The van der Waals surface area contributed by atoms with Gasteiger partial charge in [-0.25, -0.2) is 12.8 Å². The van der Waals surface area contributed by atoms with E-state index in [0.29, 0.717) is 32.7 Å². The van der Waals surface area contributed by atoms with Crippen LogP contribution in [0.4, 0.5) is 4.39 Å². The lowest BCUT2D eigenvalue weighted by Gasteiger charge is -2.34. The van der Waals surface area contributed by atoms with Crippen LogP contribution in [0.25, 0.3) is 0 Å². The van der Waals surface area contributed by atoms with Gasteiger partial charge in [0.2, 0.25) is 10.0 Å². The van der Waals surface area contributed by atoms with Crippen LogP contribution < -0.4 is 0 Å². The van der Waals surface area contributed by atoms with Crippen LogP contribution in [0.1, 0.15) is 6.92 Å². The molecule has 0 saturated carbocycles. The topological polar surface area (TPSA) is 60.9 Å². The average Bonchev–Trinajstić information content (AvgIpc) is 2.39. The molecule has 0 bridgehead atoms.